The summed E-state index contributed by atoms with van der Waals surface area (Å²) in [5, 5.41) is 5.22. The summed E-state index contributed by atoms with van der Waals surface area (Å²) in [5.41, 5.74) is 0.832. The van der Waals surface area contributed by atoms with Gasteiger partial charge in [0.15, 0.2) is 5.65 Å². The van der Waals surface area contributed by atoms with Crippen LogP contribution in [0.4, 0.5) is 10.6 Å². The van der Waals surface area contributed by atoms with Crippen LogP contribution in [0.5, 0.6) is 0 Å². The van der Waals surface area contributed by atoms with E-state index < -0.39 is 0 Å². The monoisotopic (exact) mass is 288 g/mol. The molecule has 110 valence electrons. The maximum absolute atomic E-state index is 11.6. The van der Waals surface area contributed by atoms with Crippen molar-refractivity contribution < 1.29 is 9.53 Å². The van der Waals surface area contributed by atoms with Crippen LogP contribution in [0.25, 0.3) is 11.0 Å². The second kappa shape index (κ2) is 4.31. The molecule has 0 radical (unpaired) electrons. The van der Waals surface area contributed by atoms with Gasteiger partial charge in [-0.2, -0.15) is 5.10 Å². The largest absolute Gasteiger partial charge is 0.447 e. The second-order valence-corrected chi connectivity index (χ2v) is 5.47. The first-order valence-corrected chi connectivity index (χ1v) is 6.98. The Kier molecular flexibility index (Phi) is 2.54. The topological polar surface area (TPSA) is 76.4 Å². The molecule has 8 heteroatoms. The fraction of sp³-hybridized carbons (Fsp3) is 0.538. The van der Waals surface area contributed by atoms with Crippen LogP contribution in [-0.2, 0) is 11.8 Å². The summed E-state index contributed by atoms with van der Waals surface area (Å²) in [4.78, 5) is 24.6. The molecule has 2 aliphatic rings. The number of carbonyl (C=O) groups excluding carboxylic acids is 1. The summed E-state index contributed by atoms with van der Waals surface area (Å²) in [6.45, 7) is 4.47. The number of anilines is 1. The Morgan fingerprint density at radius 2 is 2.19 bits per heavy atom. The fourth-order valence-electron chi connectivity index (χ4n) is 3.04. The molecule has 8 nitrogen and oxygen atoms in total. The van der Waals surface area contributed by atoms with Crippen LogP contribution in [0, 0.1) is 6.92 Å². The molecule has 21 heavy (non-hydrogen) atoms. The minimum absolute atomic E-state index is 0.105. The number of carbonyl (C=O) groups is 1. The highest BCUT2D eigenvalue weighted by molar-refractivity contribution is 5.87. The van der Waals surface area contributed by atoms with Gasteiger partial charge in [0.25, 0.3) is 0 Å². The van der Waals surface area contributed by atoms with Gasteiger partial charge >= 0.3 is 6.09 Å². The van der Waals surface area contributed by atoms with Crippen LogP contribution >= 0.6 is 0 Å². The third-order valence-electron chi connectivity index (χ3n) is 4.10. The molecule has 0 N–H and O–H groups in total. The third-order valence-corrected chi connectivity index (χ3v) is 4.10. The van der Waals surface area contributed by atoms with Crippen molar-refractivity contribution in [2.75, 3.05) is 31.1 Å². The molecule has 0 aromatic carbocycles. The summed E-state index contributed by atoms with van der Waals surface area (Å²) < 4.78 is 6.87. The summed E-state index contributed by atoms with van der Waals surface area (Å²) in [6, 6.07) is 0.105. The zero-order chi connectivity index (χ0) is 14.6. The van der Waals surface area contributed by atoms with Gasteiger partial charge in [-0.3, -0.25) is 9.58 Å². The average molecular weight is 288 g/mol. The molecule has 4 rings (SSSR count). The molecular weight excluding hydrogens is 272 g/mol. The molecule has 2 aliphatic heterocycles. The lowest BCUT2D eigenvalue weighted by atomic mass is 10.2. The molecule has 2 aromatic heterocycles. The van der Waals surface area contributed by atoms with Crippen molar-refractivity contribution in [2.45, 2.75) is 13.0 Å². The maximum Gasteiger partial charge on any atom is 0.410 e. The van der Waals surface area contributed by atoms with Gasteiger partial charge < -0.3 is 9.64 Å². The summed E-state index contributed by atoms with van der Waals surface area (Å²) in [7, 11) is 1.87. The molecule has 2 fully saturated rings. The molecule has 4 heterocycles. The van der Waals surface area contributed by atoms with Gasteiger partial charge in [0, 0.05) is 26.7 Å². The van der Waals surface area contributed by atoms with E-state index in [1.807, 2.05) is 14.0 Å². The van der Waals surface area contributed by atoms with Crippen molar-refractivity contribution in [3.8, 4) is 0 Å². The summed E-state index contributed by atoms with van der Waals surface area (Å²) >= 11 is 0. The Hall–Kier alpha value is -2.38. The van der Waals surface area contributed by atoms with Crippen molar-refractivity contribution in [3.63, 3.8) is 0 Å². The zero-order valence-electron chi connectivity index (χ0n) is 12.0. The molecule has 2 saturated heterocycles. The van der Waals surface area contributed by atoms with E-state index in [9.17, 15) is 4.79 Å². The fourth-order valence-corrected chi connectivity index (χ4v) is 3.04. The van der Waals surface area contributed by atoms with E-state index in [4.69, 9.17) is 4.74 Å². The number of rotatable bonds is 1. The van der Waals surface area contributed by atoms with Gasteiger partial charge in [-0.25, -0.2) is 14.8 Å². The highest BCUT2D eigenvalue weighted by Gasteiger charge is 2.38. The van der Waals surface area contributed by atoms with E-state index >= 15 is 0 Å². The van der Waals surface area contributed by atoms with Gasteiger partial charge in [0.1, 0.15) is 18.2 Å². The highest BCUT2D eigenvalue weighted by atomic mass is 16.6. The number of cyclic esters (lactones) is 1. The van der Waals surface area contributed by atoms with Crippen molar-refractivity contribution in [2.24, 2.45) is 7.05 Å². The van der Waals surface area contributed by atoms with Gasteiger partial charge in [0.2, 0.25) is 0 Å². The Bertz CT molecular complexity index is 727. The number of piperazine rings is 1. The maximum atomic E-state index is 11.6. The second-order valence-electron chi connectivity index (χ2n) is 5.47. The normalized spacial score (nSPS) is 21.8. The molecule has 0 bridgehead atoms. The first-order chi connectivity index (χ1) is 10.1. The minimum atomic E-state index is -0.204. The Morgan fingerprint density at radius 3 is 3.05 bits per heavy atom. The number of ether oxygens (including phenoxy) is 1. The SMILES string of the molecule is Cc1nc(N2CCN3C(=O)OC[C@@H]3C2)c2cnn(C)c2n1. The highest BCUT2D eigenvalue weighted by Crippen LogP contribution is 2.27. The van der Waals surface area contributed by atoms with E-state index in [-0.39, 0.29) is 12.1 Å². The Labute approximate surface area is 121 Å². The number of aryl methyl sites for hydroxylation is 2. The molecule has 0 spiro atoms. The molecule has 1 amide bonds. The molecule has 0 aliphatic carbocycles. The van der Waals surface area contributed by atoms with Crippen LogP contribution in [0.15, 0.2) is 6.20 Å². The van der Waals surface area contributed by atoms with Crippen LogP contribution in [-0.4, -0.2) is 63.0 Å². The Morgan fingerprint density at radius 1 is 1.33 bits per heavy atom. The van der Waals surface area contributed by atoms with Crippen molar-refractivity contribution in [3.05, 3.63) is 12.0 Å². The standard InChI is InChI=1S/C13H16N6O2/c1-8-15-11-10(5-14-17(11)2)12(16-8)18-3-4-19-9(6-18)7-21-13(19)20/h5,9H,3-4,6-7H2,1-2H3/t9-/m0/s1. The number of fused-ring (bicyclic) bond motifs is 2. The number of nitrogens with zero attached hydrogens (tertiary/aromatic N) is 6. The predicted molar refractivity (Wildman–Crippen MR) is 75.1 cm³/mol. The van der Waals surface area contributed by atoms with E-state index in [0.717, 1.165) is 35.8 Å². The molecule has 1 atom stereocenters. The van der Waals surface area contributed by atoms with Gasteiger partial charge in [-0.1, -0.05) is 0 Å². The first-order valence-electron chi connectivity index (χ1n) is 6.98. The van der Waals surface area contributed by atoms with E-state index in [0.29, 0.717) is 13.2 Å². The minimum Gasteiger partial charge on any atom is -0.447 e. The predicted octanol–water partition coefficient (Wildman–Crippen LogP) is 0.313. The van der Waals surface area contributed by atoms with Crippen LogP contribution in [0.3, 0.4) is 0 Å². The van der Waals surface area contributed by atoms with Crippen molar-refractivity contribution >= 4 is 22.9 Å². The van der Waals surface area contributed by atoms with Crippen molar-refractivity contribution in [1.29, 1.82) is 0 Å². The first kappa shape index (κ1) is 12.4. The van der Waals surface area contributed by atoms with Gasteiger partial charge in [0.05, 0.1) is 17.6 Å². The van der Waals surface area contributed by atoms with Crippen LogP contribution in [0.2, 0.25) is 0 Å². The smallest absolute Gasteiger partial charge is 0.410 e. The third kappa shape index (κ3) is 1.82. The number of amides is 1. The molecule has 0 unspecified atom stereocenters. The van der Waals surface area contributed by atoms with E-state index in [1.54, 1.807) is 15.8 Å². The number of aromatic nitrogens is 4. The average Bonchev–Trinajstić information content (AvgIpc) is 3.02. The zero-order valence-corrected chi connectivity index (χ0v) is 12.0. The molecule has 0 saturated carbocycles. The lowest BCUT2D eigenvalue weighted by Gasteiger charge is -2.36. The lowest BCUT2D eigenvalue weighted by Crippen LogP contribution is -2.52. The van der Waals surface area contributed by atoms with Gasteiger partial charge in [-0.15, -0.1) is 0 Å². The lowest BCUT2D eigenvalue weighted by molar-refractivity contribution is 0.157. The van der Waals surface area contributed by atoms with E-state index in [2.05, 4.69) is 20.0 Å². The number of hydrogen-bond acceptors (Lipinski definition) is 6. The van der Waals surface area contributed by atoms with Crippen LogP contribution in [0.1, 0.15) is 5.82 Å². The quantitative estimate of drug-likeness (QED) is 0.752. The summed E-state index contributed by atoms with van der Waals surface area (Å²) in [5.74, 6) is 1.62. The number of hydrogen-bond donors (Lipinski definition) is 0. The van der Waals surface area contributed by atoms with E-state index in [1.165, 1.54) is 0 Å². The van der Waals surface area contributed by atoms with Crippen molar-refractivity contribution in [1.82, 2.24) is 24.6 Å². The Balaban J connectivity index is 1.72. The molecule has 2 aromatic rings. The molecular formula is C13H16N6O2. The van der Waals surface area contributed by atoms with Crippen LogP contribution < -0.4 is 4.90 Å². The summed E-state index contributed by atoms with van der Waals surface area (Å²) in [6.07, 6.45) is 1.59. The van der Waals surface area contributed by atoms with Gasteiger partial charge in [-0.05, 0) is 6.92 Å².